The summed E-state index contributed by atoms with van der Waals surface area (Å²) in [6.07, 6.45) is 3.45. The molecule has 0 spiro atoms. The first-order chi connectivity index (χ1) is 12.2. The van der Waals surface area contributed by atoms with Crippen LogP contribution in [0.3, 0.4) is 0 Å². The van der Waals surface area contributed by atoms with E-state index in [1.807, 2.05) is 18.2 Å². The molecule has 1 fully saturated rings. The van der Waals surface area contributed by atoms with Gasteiger partial charge in [0.15, 0.2) is 4.34 Å². The number of benzene rings is 1. The molecular formula is C17H20N4O2S2. The monoisotopic (exact) mass is 376 g/mol. The Morgan fingerprint density at radius 1 is 1.20 bits per heavy atom. The summed E-state index contributed by atoms with van der Waals surface area (Å²) in [5.41, 5.74) is 1.22. The summed E-state index contributed by atoms with van der Waals surface area (Å²) in [7, 11) is 0. The Morgan fingerprint density at radius 3 is 2.88 bits per heavy atom. The lowest BCUT2D eigenvalue weighted by atomic mass is 10.2. The fourth-order valence-corrected chi connectivity index (χ4v) is 4.30. The second-order valence-corrected chi connectivity index (χ2v) is 8.02. The summed E-state index contributed by atoms with van der Waals surface area (Å²) < 4.78 is 0.810. The van der Waals surface area contributed by atoms with Gasteiger partial charge in [0.2, 0.25) is 16.9 Å². The number of nitrogens with zero attached hydrogens (tertiary/aromatic N) is 3. The van der Waals surface area contributed by atoms with E-state index < -0.39 is 0 Å². The highest BCUT2D eigenvalue weighted by atomic mass is 32.2. The van der Waals surface area contributed by atoms with Crippen LogP contribution in [-0.4, -0.2) is 40.0 Å². The highest BCUT2D eigenvalue weighted by molar-refractivity contribution is 8.00. The second-order valence-electron chi connectivity index (χ2n) is 5.82. The minimum Gasteiger partial charge on any atom is -0.333 e. The van der Waals surface area contributed by atoms with Crippen molar-refractivity contribution in [3.8, 4) is 0 Å². The van der Waals surface area contributed by atoms with Gasteiger partial charge >= 0.3 is 0 Å². The van der Waals surface area contributed by atoms with Crippen molar-refractivity contribution in [3.63, 3.8) is 0 Å². The van der Waals surface area contributed by atoms with Crippen molar-refractivity contribution < 1.29 is 9.59 Å². The molecule has 2 heterocycles. The Bertz CT molecular complexity index is 720. The number of likely N-dealkylation sites (tertiary alicyclic amines) is 1. The average molecular weight is 377 g/mol. The molecule has 1 aliphatic rings. The molecule has 0 unspecified atom stereocenters. The maximum absolute atomic E-state index is 12.2. The van der Waals surface area contributed by atoms with Gasteiger partial charge in [-0.1, -0.05) is 59.9 Å². The molecule has 1 saturated heterocycles. The quantitative estimate of drug-likeness (QED) is 0.619. The summed E-state index contributed by atoms with van der Waals surface area (Å²) in [5, 5.41) is 11.3. The molecule has 0 bridgehead atoms. The largest absolute Gasteiger partial charge is 0.333 e. The topological polar surface area (TPSA) is 75.2 Å². The number of thioether (sulfide) groups is 1. The van der Waals surface area contributed by atoms with Crippen LogP contribution in [0.5, 0.6) is 0 Å². The number of carbonyl (C=O) groups is 2. The minimum atomic E-state index is -0.217. The molecule has 1 aromatic heterocycles. The van der Waals surface area contributed by atoms with Crippen LogP contribution in [-0.2, 0) is 15.3 Å². The first-order valence-electron chi connectivity index (χ1n) is 8.28. The van der Waals surface area contributed by atoms with Crippen LogP contribution < -0.4 is 5.32 Å². The molecule has 132 valence electrons. The number of amides is 2. The molecule has 1 N–H and O–H groups in total. The van der Waals surface area contributed by atoms with Crippen LogP contribution in [0.1, 0.15) is 31.2 Å². The van der Waals surface area contributed by atoms with Crippen molar-refractivity contribution in [1.82, 2.24) is 15.1 Å². The third-order valence-electron chi connectivity index (χ3n) is 3.86. The predicted molar refractivity (Wildman–Crippen MR) is 99.6 cm³/mol. The first-order valence-corrected chi connectivity index (χ1v) is 10.1. The van der Waals surface area contributed by atoms with Crippen molar-refractivity contribution in [1.29, 1.82) is 0 Å². The smallest absolute Gasteiger partial charge is 0.245 e. The Balaban J connectivity index is 1.48. The van der Waals surface area contributed by atoms with Crippen LogP contribution in [0.4, 0.5) is 5.13 Å². The number of aromatic nitrogens is 2. The number of nitrogens with one attached hydrogen (secondary N) is 1. The maximum Gasteiger partial charge on any atom is 0.245 e. The van der Waals surface area contributed by atoms with Gasteiger partial charge in [-0.25, -0.2) is 0 Å². The summed E-state index contributed by atoms with van der Waals surface area (Å²) in [6.45, 7) is 0.742. The summed E-state index contributed by atoms with van der Waals surface area (Å²) in [5.74, 6) is 0.654. The lowest BCUT2D eigenvalue weighted by Crippen LogP contribution is -2.37. The van der Waals surface area contributed by atoms with Gasteiger partial charge in [0.25, 0.3) is 0 Å². The highest BCUT2D eigenvalue weighted by Gasteiger charge is 2.19. The van der Waals surface area contributed by atoms with Gasteiger partial charge in [-0.15, -0.1) is 10.2 Å². The van der Waals surface area contributed by atoms with Gasteiger partial charge in [0.05, 0.1) is 6.54 Å². The molecule has 2 aromatic rings. The number of hydrogen-bond acceptors (Lipinski definition) is 6. The van der Waals surface area contributed by atoms with E-state index in [9.17, 15) is 9.59 Å². The van der Waals surface area contributed by atoms with Crippen molar-refractivity contribution in [3.05, 3.63) is 35.9 Å². The van der Waals surface area contributed by atoms with E-state index in [2.05, 4.69) is 27.6 Å². The number of hydrogen-bond donors (Lipinski definition) is 1. The third kappa shape index (κ3) is 5.54. The van der Waals surface area contributed by atoms with Crippen LogP contribution in [0, 0.1) is 0 Å². The molecule has 25 heavy (non-hydrogen) atoms. The zero-order valence-electron chi connectivity index (χ0n) is 13.8. The second kappa shape index (κ2) is 8.96. The summed E-state index contributed by atoms with van der Waals surface area (Å²) >= 11 is 2.94. The molecule has 8 heteroatoms. The molecule has 0 atom stereocenters. The normalized spacial score (nSPS) is 15.0. The van der Waals surface area contributed by atoms with Gasteiger partial charge in [0.1, 0.15) is 0 Å². The van der Waals surface area contributed by atoms with Crippen molar-refractivity contribution in [2.75, 3.05) is 18.4 Å². The van der Waals surface area contributed by atoms with Gasteiger partial charge in [0, 0.05) is 18.7 Å². The van der Waals surface area contributed by atoms with E-state index in [0.717, 1.165) is 29.4 Å². The Labute approximate surface area is 155 Å². The zero-order chi connectivity index (χ0) is 17.5. The highest BCUT2D eigenvalue weighted by Crippen LogP contribution is 2.28. The van der Waals surface area contributed by atoms with Crippen molar-refractivity contribution >= 4 is 40.0 Å². The number of carbonyl (C=O) groups excluding carboxylic acids is 2. The SMILES string of the molecule is O=C(CN1CCCCCC1=O)Nc1nnc(SCc2ccccc2)s1. The Kier molecular flexibility index (Phi) is 6.41. The molecular weight excluding hydrogens is 356 g/mol. The van der Waals surface area contributed by atoms with E-state index in [-0.39, 0.29) is 18.4 Å². The molecule has 0 saturated carbocycles. The molecule has 3 rings (SSSR count). The molecule has 0 radical (unpaired) electrons. The summed E-state index contributed by atoms with van der Waals surface area (Å²) in [6, 6.07) is 10.1. The van der Waals surface area contributed by atoms with Gasteiger partial charge in [-0.3, -0.25) is 14.9 Å². The lowest BCUT2D eigenvalue weighted by Gasteiger charge is -2.19. The fraction of sp³-hybridized carbons (Fsp3) is 0.412. The number of rotatable bonds is 6. The van der Waals surface area contributed by atoms with E-state index in [1.165, 1.54) is 16.9 Å². The van der Waals surface area contributed by atoms with E-state index in [0.29, 0.717) is 18.1 Å². The lowest BCUT2D eigenvalue weighted by molar-refractivity contribution is -0.134. The van der Waals surface area contributed by atoms with Crippen LogP contribution >= 0.6 is 23.1 Å². The van der Waals surface area contributed by atoms with Crippen LogP contribution in [0.2, 0.25) is 0 Å². The van der Waals surface area contributed by atoms with Gasteiger partial charge < -0.3 is 4.90 Å². The van der Waals surface area contributed by atoms with Crippen LogP contribution in [0.15, 0.2) is 34.7 Å². The molecule has 1 aromatic carbocycles. The Morgan fingerprint density at radius 2 is 2.04 bits per heavy atom. The summed E-state index contributed by atoms with van der Waals surface area (Å²) in [4.78, 5) is 25.7. The van der Waals surface area contributed by atoms with E-state index >= 15 is 0 Å². The first kappa shape index (κ1) is 17.9. The zero-order valence-corrected chi connectivity index (χ0v) is 15.4. The van der Waals surface area contributed by atoms with Crippen molar-refractivity contribution in [2.45, 2.75) is 35.8 Å². The molecule has 0 aliphatic carbocycles. The standard InChI is InChI=1S/C17H20N4O2S2/c22-14(11-21-10-6-2-5-9-15(21)23)18-16-19-20-17(25-16)24-12-13-7-3-1-4-8-13/h1,3-4,7-8H,2,5-6,9-12H2,(H,18,19,22). The van der Waals surface area contributed by atoms with Gasteiger partial charge in [-0.05, 0) is 18.4 Å². The third-order valence-corrected chi connectivity index (χ3v) is 5.91. The molecule has 2 amide bonds. The van der Waals surface area contributed by atoms with Crippen molar-refractivity contribution in [2.24, 2.45) is 0 Å². The Hall–Kier alpha value is -1.93. The predicted octanol–water partition coefficient (Wildman–Crippen LogP) is 3.17. The van der Waals surface area contributed by atoms with E-state index in [4.69, 9.17) is 0 Å². The maximum atomic E-state index is 12.2. The minimum absolute atomic E-state index is 0.0593. The number of anilines is 1. The molecule has 6 nitrogen and oxygen atoms in total. The fourth-order valence-electron chi connectivity index (χ4n) is 2.58. The average Bonchev–Trinajstić information content (AvgIpc) is 2.96. The molecule has 1 aliphatic heterocycles. The van der Waals surface area contributed by atoms with Gasteiger partial charge in [-0.2, -0.15) is 0 Å². The van der Waals surface area contributed by atoms with Crippen LogP contribution in [0.25, 0.3) is 0 Å². The van der Waals surface area contributed by atoms with E-state index in [1.54, 1.807) is 16.7 Å².